The van der Waals surface area contributed by atoms with Gasteiger partial charge in [-0.15, -0.1) is 0 Å². The maximum atomic E-state index is 13.0. The van der Waals surface area contributed by atoms with Gasteiger partial charge in [0, 0.05) is 0 Å². The summed E-state index contributed by atoms with van der Waals surface area (Å²) in [5, 5.41) is 5.23. The molecule has 1 unspecified atom stereocenters. The van der Waals surface area contributed by atoms with Crippen LogP contribution in [0.25, 0.3) is 0 Å². The van der Waals surface area contributed by atoms with Gasteiger partial charge in [-0.3, -0.25) is 4.79 Å². The van der Waals surface area contributed by atoms with Gasteiger partial charge >= 0.3 is 6.18 Å². The minimum absolute atomic E-state index is 0.274. The average molecular weight is 338 g/mol. The monoisotopic (exact) mass is 338 g/mol. The molecule has 0 radical (unpaired) electrons. The minimum atomic E-state index is -4.54. The van der Waals surface area contributed by atoms with Crippen molar-refractivity contribution in [3.8, 4) is 5.75 Å². The fraction of sp³-hybridized carbons (Fsp3) is 0.235. The number of nitrogens with one attached hydrogen (secondary N) is 2. The molecule has 0 heterocycles. The lowest BCUT2D eigenvalue weighted by Gasteiger charge is -2.19. The SMILES string of the molecule is COc1ccccc1NC(C)C(=O)Nc1ccccc1C(F)(F)F. The number of rotatable bonds is 5. The Kier molecular flexibility index (Phi) is 5.33. The zero-order valence-electron chi connectivity index (χ0n) is 13.1. The second-order valence-corrected chi connectivity index (χ2v) is 5.10. The molecule has 7 heteroatoms. The molecular formula is C17H17F3N2O2. The lowest BCUT2D eigenvalue weighted by Crippen LogP contribution is -2.32. The number of carbonyl (C=O) groups excluding carboxylic acids is 1. The highest BCUT2D eigenvalue weighted by atomic mass is 19.4. The van der Waals surface area contributed by atoms with Crippen molar-refractivity contribution in [2.24, 2.45) is 0 Å². The van der Waals surface area contributed by atoms with Crippen LogP contribution in [-0.4, -0.2) is 19.1 Å². The molecule has 2 aromatic rings. The lowest BCUT2D eigenvalue weighted by atomic mass is 10.1. The third kappa shape index (κ3) is 4.18. The number of hydrogen-bond donors (Lipinski definition) is 2. The second kappa shape index (κ2) is 7.25. The zero-order chi connectivity index (χ0) is 17.7. The van der Waals surface area contributed by atoms with E-state index in [0.29, 0.717) is 11.4 Å². The molecule has 0 aliphatic carbocycles. The first-order chi connectivity index (χ1) is 11.3. The van der Waals surface area contributed by atoms with Gasteiger partial charge in [0.05, 0.1) is 24.0 Å². The Morgan fingerprint density at radius 2 is 1.62 bits per heavy atom. The van der Waals surface area contributed by atoms with Crippen LogP contribution in [0.1, 0.15) is 12.5 Å². The quantitative estimate of drug-likeness (QED) is 0.861. The first kappa shape index (κ1) is 17.7. The summed E-state index contributed by atoms with van der Waals surface area (Å²) in [6.07, 6.45) is -4.54. The van der Waals surface area contributed by atoms with Crippen LogP contribution in [-0.2, 0) is 11.0 Å². The highest BCUT2D eigenvalue weighted by Crippen LogP contribution is 2.34. The molecule has 0 aliphatic rings. The van der Waals surface area contributed by atoms with E-state index in [9.17, 15) is 18.0 Å². The van der Waals surface area contributed by atoms with E-state index in [1.54, 1.807) is 31.2 Å². The van der Waals surface area contributed by atoms with Gasteiger partial charge in [-0.25, -0.2) is 0 Å². The van der Waals surface area contributed by atoms with Crippen LogP contribution in [0.5, 0.6) is 5.75 Å². The average Bonchev–Trinajstić information content (AvgIpc) is 2.54. The fourth-order valence-electron chi connectivity index (χ4n) is 2.14. The van der Waals surface area contributed by atoms with Crippen LogP contribution in [0.15, 0.2) is 48.5 Å². The van der Waals surface area contributed by atoms with Crippen LogP contribution < -0.4 is 15.4 Å². The van der Waals surface area contributed by atoms with Gasteiger partial charge in [-0.2, -0.15) is 13.2 Å². The van der Waals surface area contributed by atoms with Crippen molar-refractivity contribution in [1.82, 2.24) is 0 Å². The summed E-state index contributed by atoms with van der Waals surface area (Å²) in [5.41, 5.74) is -0.585. The summed E-state index contributed by atoms with van der Waals surface area (Å²) in [4.78, 5) is 12.2. The Bertz CT molecular complexity index is 717. The summed E-state index contributed by atoms with van der Waals surface area (Å²) >= 11 is 0. The summed E-state index contributed by atoms with van der Waals surface area (Å²) in [5.74, 6) is -0.0505. The summed E-state index contributed by atoms with van der Waals surface area (Å²) in [6, 6.07) is 11.0. The number of halogens is 3. The normalized spacial score (nSPS) is 12.4. The number of alkyl halides is 3. The molecule has 2 aromatic carbocycles. The molecule has 1 amide bonds. The van der Waals surface area contributed by atoms with Crippen molar-refractivity contribution in [2.45, 2.75) is 19.1 Å². The maximum Gasteiger partial charge on any atom is 0.418 e. The molecule has 128 valence electrons. The van der Waals surface area contributed by atoms with E-state index in [2.05, 4.69) is 10.6 Å². The molecule has 24 heavy (non-hydrogen) atoms. The summed E-state index contributed by atoms with van der Waals surface area (Å²) in [6.45, 7) is 1.55. The third-order valence-corrected chi connectivity index (χ3v) is 3.36. The Hall–Kier alpha value is -2.70. The highest BCUT2D eigenvalue weighted by Gasteiger charge is 2.33. The van der Waals surface area contributed by atoms with Crippen LogP contribution >= 0.6 is 0 Å². The molecule has 0 fully saturated rings. The molecule has 0 saturated carbocycles. The van der Waals surface area contributed by atoms with E-state index in [-0.39, 0.29) is 5.69 Å². The van der Waals surface area contributed by atoms with Gasteiger partial charge in [0.25, 0.3) is 0 Å². The van der Waals surface area contributed by atoms with Crippen LogP contribution in [0.2, 0.25) is 0 Å². The summed E-state index contributed by atoms with van der Waals surface area (Å²) in [7, 11) is 1.49. The van der Waals surface area contributed by atoms with Crippen LogP contribution in [0.4, 0.5) is 24.5 Å². The molecule has 2 N–H and O–H groups in total. The molecule has 2 rings (SSSR count). The second-order valence-electron chi connectivity index (χ2n) is 5.10. The topological polar surface area (TPSA) is 50.4 Å². The Balaban J connectivity index is 2.13. The van der Waals surface area contributed by atoms with Crippen molar-refractivity contribution in [3.63, 3.8) is 0 Å². The predicted molar refractivity (Wildman–Crippen MR) is 86.2 cm³/mol. The van der Waals surface area contributed by atoms with Crippen molar-refractivity contribution in [1.29, 1.82) is 0 Å². The van der Waals surface area contributed by atoms with Crippen molar-refractivity contribution < 1.29 is 22.7 Å². The van der Waals surface area contributed by atoms with Crippen molar-refractivity contribution >= 4 is 17.3 Å². The number of anilines is 2. The van der Waals surface area contributed by atoms with E-state index < -0.39 is 23.7 Å². The number of carbonyl (C=O) groups is 1. The van der Waals surface area contributed by atoms with Crippen LogP contribution in [0.3, 0.4) is 0 Å². The van der Waals surface area contributed by atoms with Gasteiger partial charge in [0.1, 0.15) is 11.8 Å². The molecule has 1 atom stereocenters. The molecular weight excluding hydrogens is 321 g/mol. The number of benzene rings is 2. The molecule has 0 bridgehead atoms. The Labute approximate surface area is 137 Å². The number of para-hydroxylation sites is 3. The number of methoxy groups -OCH3 is 1. The minimum Gasteiger partial charge on any atom is -0.495 e. The van der Waals surface area contributed by atoms with Crippen molar-refractivity contribution in [3.05, 3.63) is 54.1 Å². The lowest BCUT2D eigenvalue weighted by molar-refractivity contribution is -0.137. The first-order valence-electron chi connectivity index (χ1n) is 7.19. The molecule has 4 nitrogen and oxygen atoms in total. The van der Waals surface area contributed by atoms with E-state index >= 15 is 0 Å². The maximum absolute atomic E-state index is 13.0. The largest absolute Gasteiger partial charge is 0.495 e. The smallest absolute Gasteiger partial charge is 0.418 e. The van der Waals surface area contributed by atoms with E-state index in [4.69, 9.17) is 4.74 Å². The standard InChI is InChI=1S/C17H17F3N2O2/c1-11(21-14-9-5-6-10-15(14)24-2)16(23)22-13-8-4-3-7-12(13)17(18,19)20/h3-11,21H,1-2H3,(H,22,23). The number of hydrogen-bond acceptors (Lipinski definition) is 3. The van der Waals surface area contributed by atoms with Gasteiger partial charge in [0.2, 0.25) is 5.91 Å². The number of amides is 1. The Morgan fingerprint density at radius 1 is 1.04 bits per heavy atom. The van der Waals surface area contributed by atoms with Gasteiger partial charge in [-0.05, 0) is 31.2 Å². The summed E-state index contributed by atoms with van der Waals surface area (Å²) < 4.78 is 44.1. The highest BCUT2D eigenvalue weighted by molar-refractivity contribution is 5.97. The van der Waals surface area contributed by atoms with Gasteiger partial charge < -0.3 is 15.4 Å². The molecule has 0 aliphatic heterocycles. The van der Waals surface area contributed by atoms with Crippen LogP contribution in [0, 0.1) is 0 Å². The molecule has 0 saturated heterocycles. The van der Waals surface area contributed by atoms with Crippen molar-refractivity contribution in [2.75, 3.05) is 17.7 Å². The fourth-order valence-corrected chi connectivity index (χ4v) is 2.14. The molecule has 0 spiro atoms. The predicted octanol–water partition coefficient (Wildman–Crippen LogP) is 4.15. The molecule has 0 aromatic heterocycles. The van der Waals surface area contributed by atoms with Gasteiger partial charge in [0.15, 0.2) is 0 Å². The van der Waals surface area contributed by atoms with Gasteiger partial charge in [-0.1, -0.05) is 24.3 Å². The first-order valence-corrected chi connectivity index (χ1v) is 7.19. The zero-order valence-corrected chi connectivity index (χ0v) is 13.1. The van der Waals surface area contributed by atoms with E-state index in [1.807, 2.05) is 0 Å². The van der Waals surface area contributed by atoms with E-state index in [1.165, 1.54) is 25.3 Å². The third-order valence-electron chi connectivity index (χ3n) is 3.36. The number of ether oxygens (including phenoxy) is 1. The van der Waals surface area contributed by atoms with E-state index in [0.717, 1.165) is 6.07 Å². The Morgan fingerprint density at radius 3 is 2.25 bits per heavy atom.